The fourth-order valence-corrected chi connectivity index (χ4v) is 3.90. The molecule has 0 N–H and O–H groups in total. The molecule has 3 rings (SSSR count). The van der Waals surface area contributed by atoms with Crippen molar-refractivity contribution in [2.45, 2.75) is 50.7 Å². The zero-order chi connectivity index (χ0) is 15.6. The number of hydrogen-bond donors (Lipinski definition) is 0. The summed E-state index contributed by atoms with van der Waals surface area (Å²) >= 11 is 6.45. The molecule has 22 heavy (non-hydrogen) atoms. The average molecular weight is 320 g/mol. The molecule has 0 radical (unpaired) electrons. The molecule has 1 heterocycles. The number of benzene rings is 1. The van der Waals surface area contributed by atoms with E-state index in [1.807, 2.05) is 19.1 Å². The fraction of sp³-hybridized carbons (Fsp3) is 0.611. The van der Waals surface area contributed by atoms with E-state index >= 15 is 0 Å². The summed E-state index contributed by atoms with van der Waals surface area (Å²) in [5.41, 5.74) is 2.10. The predicted octanol–water partition coefficient (Wildman–Crippen LogP) is 4.44. The Morgan fingerprint density at radius 2 is 2.14 bits per heavy atom. The number of hydrogen-bond acceptors (Lipinski definition) is 3. The molecule has 2 aliphatic rings. The van der Waals surface area contributed by atoms with Crippen LogP contribution in [0.1, 0.15) is 49.7 Å². The first-order valence-electron chi connectivity index (χ1n) is 8.10. The third-order valence-corrected chi connectivity index (χ3v) is 5.31. The Morgan fingerprint density at radius 1 is 1.36 bits per heavy atom. The Bertz CT molecular complexity index is 575. The molecule has 1 aromatic rings. The van der Waals surface area contributed by atoms with Crippen molar-refractivity contribution in [2.75, 3.05) is 13.2 Å². The van der Waals surface area contributed by atoms with Gasteiger partial charge in [-0.1, -0.05) is 30.2 Å². The van der Waals surface area contributed by atoms with Crippen LogP contribution in [-0.2, 0) is 15.9 Å². The molecule has 1 aliphatic carbocycles. The quantitative estimate of drug-likeness (QED) is 0.827. The van der Waals surface area contributed by atoms with Gasteiger partial charge in [-0.15, -0.1) is 0 Å². The van der Waals surface area contributed by atoms with Crippen LogP contribution in [0.3, 0.4) is 0 Å². The van der Waals surface area contributed by atoms with Crippen molar-refractivity contribution in [2.24, 2.45) is 5.92 Å². The summed E-state index contributed by atoms with van der Waals surface area (Å²) < 4.78 is 12.0. The van der Waals surface area contributed by atoms with Crippen molar-refractivity contribution in [3.63, 3.8) is 0 Å². The van der Waals surface area contributed by atoms with Crippen LogP contribution in [0.15, 0.2) is 18.2 Å². The van der Waals surface area contributed by atoms with Crippen molar-refractivity contribution in [3.05, 3.63) is 34.3 Å². The van der Waals surface area contributed by atoms with Crippen molar-refractivity contribution in [1.82, 2.24) is 0 Å². The third kappa shape index (κ3) is 3.01. The molecule has 2 unspecified atom stereocenters. The Morgan fingerprint density at radius 3 is 2.82 bits per heavy atom. The van der Waals surface area contributed by atoms with Gasteiger partial charge in [0.1, 0.15) is 0 Å². The van der Waals surface area contributed by atoms with E-state index in [1.165, 1.54) is 12.8 Å². The van der Waals surface area contributed by atoms with Crippen LogP contribution < -0.4 is 0 Å². The highest BCUT2D eigenvalue weighted by atomic mass is 35.5. The van der Waals surface area contributed by atoms with E-state index in [0.29, 0.717) is 19.1 Å². The van der Waals surface area contributed by atoms with Gasteiger partial charge in [-0.2, -0.15) is 5.26 Å². The largest absolute Gasteiger partial charge is 0.347 e. The molecule has 0 amide bonds. The van der Waals surface area contributed by atoms with Crippen LogP contribution >= 0.6 is 11.6 Å². The van der Waals surface area contributed by atoms with E-state index in [0.717, 1.165) is 35.4 Å². The summed E-state index contributed by atoms with van der Waals surface area (Å²) in [6.07, 6.45) is 5.37. The lowest BCUT2D eigenvalue weighted by molar-refractivity contribution is -0.212. The van der Waals surface area contributed by atoms with Gasteiger partial charge in [0, 0.05) is 17.4 Å². The highest BCUT2D eigenvalue weighted by Gasteiger charge is 2.45. The molecule has 4 heteroatoms. The van der Waals surface area contributed by atoms with Crippen LogP contribution in [0.4, 0.5) is 0 Å². The zero-order valence-electron chi connectivity index (χ0n) is 13.0. The van der Waals surface area contributed by atoms with Crippen molar-refractivity contribution in [1.29, 1.82) is 5.26 Å². The maximum atomic E-state index is 9.02. The summed E-state index contributed by atoms with van der Waals surface area (Å²) in [5, 5.41) is 9.77. The van der Waals surface area contributed by atoms with Gasteiger partial charge in [-0.05, 0) is 43.4 Å². The lowest BCUT2D eigenvalue weighted by Crippen LogP contribution is -2.42. The molecular formula is C18H22ClNO2. The lowest BCUT2D eigenvalue weighted by Gasteiger charge is -2.39. The van der Waals surface area contributed by atoms with Gasteiger partial charge in [0.05, 0.1) is 25.2 Å². The van der Waals surface area contributed by atoms with E-state index in [-0.39, 0.29) is 11.7 Å². The summed E-state index contributed by atoms with van der Waals surface area (Å²) in [7, 11) is 0. The van der Waals surface area contributed by atoms with Crippen LogP contribution in [0.5, 0.6) is 0 Å². The molecule has 2 fully saturated rings. The number of ether oxygens (including phenoxy) is 2. The second-order valence-electron chi connectivity index (χ2n) is 6.36. The Balaban J connectivity index is 1.78. The molecule has 2 atom stereocenters. The Hall–Kier alpha value is -1.08. The molecular weight excluding hydrogens is 298 g/mol. The smallest absolute Gasteiger partial charge is 0.171 e. The Labute approximate surface area is 137 Å². The van der Waals surface area contributed by atoms with E-state index in [1.54, 1.807) is 0 Å². The molecule has 1 aromatic carbocycles. The summed E-state index contributed by atoms with van der Waals surface area (Å²) in [6, 6.07) is 8.25. The van der Waals surface area contributed by atoms with Crippen molar-refractivity contribution < 1.29 is 9.47 Å². The third-order valence-electron chi connectivity index (χ3n) is 4.96. The molecule has 118 valence electrons. The maximum absolute atomic E-state index is 9.02. The molecule has 3 nitrogen and oxygen atoms in total. The van der Waals surface area contributed by atoms with E-state index in [9.17, 15) is 0 Å². The summed E-state index contributed by atoms with van der Waals surface area (Å²) in [4.78, 5) is 0. The van der Waals surface area contributed by atoms with Crippen molar-refractivity contribution >= 4 is 11.6 Å². The molecule has 0 bridgehead atoms. The Kier molecular flexibility index (Phi) is 4.73. The molecule has 1 spiro atoms. The van der Waals surface area contributed by atoms with Crippen molar-refractivity contribution in [3.8, 4) is 6.07 Å². The normalized spacial score (nSPS) is 25.0. The van der Waals surface area contributed by atoms with Crippen LogP contribution in [0, 0.1) is 17.2 Å². The minimum atomic E-state index is -0.389. The maximum Gasteiger partial charge on any atom is 0.171 e. The average Bonchev–Trinajstić information content (AvgIpc) is 3.00. The van der Waals surface area contributed by atoms with Gasteiger partial charge in [0.15, 0.2) is 5.79 Å². The number of nitriles is 1. The predicted molar refractivity (Wildman–Crippen MR) is 85.8 cm³/mol. The minimum absolute atomic E-state index is 0.130. The van der Waals surface area contributed by atoms with Gasteiger partial charge < -0.3 is 9.47 Å². The van der Waals surface area contributed by atoms with Gasteiger partial charge in [0.25, 0.3) is 0 Å². The van der Waals surface area contributed by atoms with Gasteiger partial charge in [0.2, 0.25) is 0 Å². The number of nitrogens with zero attached hydrogens (tertiary/aromatic N) is 1. The van der Waals surface area contributed by atoms with Crippen LogP contribution in [0.25, 0.3) is 0 Å². The second-order valence-corrected chi connectivity index (χ2v) is 6.76. The molecule has 1 aliphatic heterocycles. The SMILES string of the molecule is CC(C#N)c1ccc(CC2CCCCC23OCCO3)c(Cl)c1. The molecule has 0 aromatic heterocycles. The standard InChI is InChI=1S/C18H22ClNO2/c1-13(12-20)14-5-6-15(17(19)11-14)10-16-4-2-3-7-18(16)21-8-9-22-18/h5-6,11,13,16H,2-4,7-10H2,1H3. The first-order valence-corrected chi connectivity index (χ1v) is 8.48. The molecule has 1 saturated carbocycles. The van der Waals surface area contributed by atoms with Crippen LogP contribution in [-0.4, -0.2) is 19.0 Å². The fourth-order valence-electron chi connectivity index (χ4n) is 3.63. The van der Waals surface area contributed by atoms with Gasteiger partial charge >= 0.3 is 0 Å². The van der Waals surface area contributed by atoms with Crippen LogP contribution in [0.2, 0.25) is 5.02 Å². The topological polar surface area (TPSA) is 42.2 Å². The number of halogens is 1. The highest BCUT2D eigenvalue weighted by Crippen LogP contribution is 2.42. The zero-order valence-corrected chi connectivity index (χ0v) is 13.7. The first-order chi connectivity index (χ1) is 10.6. The highest BCUT2D eigenvalue weighted by molar-refractivity contribution is 6.31. The van der Waals surface area contributed by atoms with Gasteiger partial charge in [-0.25, -0.2) is 0 Å². The monoisotopic (exact) mass is 319 g/mol. The second kappa shape index (κ2) is 6.58. The minimum Gasteiger partial charge on any atom is -0.347 e. The van der Waals surface area contributed by atoms with Gasteiger partial charge in [-0.3, -0.25) is 0 Å². The van der Waals surface area contributed by atoms with E-state index < -0.39 is 0 Å². The summed E-state index contributed by atoms with van der Waals surface area (Å²) in [6.45, 7) is 3.29. The first kappa shape index (κ1) is 15.8. The number of rotatable bonds is 3. The lowest BCUT2D eigenvalue weighted by atomic mass is 9.79. The summed E-state index contributed by atoms with van der Waals surface area (Å²) in [5.74, 6) is -0.158. The van der Waals surface area contributed by atoms with E-state index in [2.05, 4.69) is 12.1 Å². The van der Waals surface area contributed by atoms with E-state index in [4.69, 9.17) is 26.3 Å². The molecule has 1 saturated heterocycles.